The van der Waals surface area contributed by atoms with Crippen LogP contribution in [0.3, 0.4) is 0 Å². The van der Waals surface area contributed by atoms with E-state index in [1.165, 1.54) is 0 Å². The van der Waals surface area contributed by atoms with Crippen molar-refractivity contribution in [3.63, 3.8) is 0 Å². The fourth-order valence-electron chi connectivity index (χ4n) is 3.22. The van der Waals surface area contributed by atoms with Crippen LogP contribution in [0.25, 0.3) is 0 Å². The summed E-state index contributed by atoms with van der Waals surface area (Å²) in [5.74, 6) is 0.983. The topological polar surface area (TPSA) is 67.9 Å². The predicted molar refractivity (Wildman–Crippen MR) is 102 cm³/mol. The van der Waals surface area contributed by atoms with Crippen LogP contribution >= 0.6 is 0 Å². The van der Waals surface area contributed by atoms with Crippen molar-refractivity contribution in [3.05, 3.63) is 59.7 Å². The molecular weight excluding hydrogens is 344 g/mol. The molecule has 0 unspecified atom stereocenters. The number of likely N-dealkylation sites (tertiary alicyclic amines) is 1. The summed E-state index contributed by atoms with van der Waals surface area (Å²) >= 11 is 0. The lowest BCUT2D eigenvalue weighted by Gasteiger charge is -2.25. The van der Waals surface area contributed by atoms with E-state index in [1.807, 2.05) is 35.2 Å². The fraction of sp³-hybridized carbons (Fsp3) is 0.333. The predicted octanol–water partition coefficient (Wildman–Crippen LogP) is 2.80. The molecule has 1 atom stereocenters. The first-order valence-electron chi connectivity index (χ1n) is 8.97. The molecule has 0 aromatic heterocycles. The molecule has 0 spiro atoms. The van der Waals surface area contributed by atoms with Gasteiger partial charge in [0, 0.05) is 31.1 Å². The second kappa shape index (κ2) is 8.58. The largest absolute Gasteiger partial charge is 0.497 e. The van der Waals surface area contributed by atoms with Crippen LogP contribution in [0.2, 0.25) is 0 Å². The zero-order valence-corrected chi connectivity index (χ0v) is 15.6. The SMILES string of the molecule is COc1cc(OC)cc(C(=O)N[C@@H](CN2CCCC2=O)c2ccccc2)c1. The number of nitrogens with one attached hydrogen (secondary N) is 1. The van der Waals surface area contributed by atoms with Gasteiger partial charge in [0.25, 0.3) is 5.91 Å². The monoisotopic (exact) mass is 368 g/mol. The van der Waals surface area contributed by atoms with Gasteiger partial charge in [-0.2, -0.15) is 0 Å². The standard InChI is InChI=1S/C21H24N2O4/c1-26-17-11-16(12-18(13-17)27-2)21(25)22-19(15-7-4-3-5-8-15)14-23-10-6-9-20(23)24/h3-5,7-8,11-13,19H,6,9-10,14H2,1-2H3,(H,22,25)/t19-/m0/s1. The van der Waals surface area contributed by atoms with Gasteiger partial charge in [-0.3, -0.25) is 9.59 Å². The van der Waals surface area contributed by atoms with Crippen LogP contribution in [-0.4, -0.2) is 44.0 Å². The zero-order valence-electron chi connectivity index (χ0n) is 15.6. The summed E-state index contributed by atoms with van der Waals surface area (Å²) in [5.41, 5.74) is 1.40. The lowest BCUT2D eigenvalue weighted by molar-refractivity contribution is -0.128. The Morgan fingerprint density at radius 1 is 1.11 bits per heavy atom. The number of methoxy groups -OCH3 is 2. The molecule has 0 bridgehead atoms. The van der Waals surface area contributed by atoms with Gasteiger partial charge in [0.15, 0.2) is 0 Å². The fourth-order valence-corrected chi connectivity index (χ4v) is 3.22. The average molecular weight is 368 g/mol. The molecule has 2 aromatic carbocycles. The smallest absolute Gasteiger partial charge is 0.252 e. The second-order valence-corrected chi connectivity index (χ2v) is 6.48. The third kappa shape index (κ3) is 4.58. The van der Waals surface area contributed by atoms with Crippen LogP contribution in [0.15, 0.2) is 48.5 Å². The molecule has 1 aliphatic heterocycles. The van der Waals surface area contributed by atoms with Crippen molar-refractivity contribution in [1.82, 2.24) is 10.2 Å². The number of hydrogen-bond donors (Lipinski definition) is 1. The summed E-state index contributed by atoms with van der Waals surface area (Å²) in [6.45, 7) is 1.18. The Labute approximate surface area is 159 Å². The molecule has 0 saturated carbocycles. The normalized spacial score (nSPS) is 14.7. The van der Waals surface area contributed by atoms with Gasteiger partial charge in [-0.1, -0.05) is 30.3 Å². The highest BCUT2D eigenvalue weighted by Crippen LogP contribution is 2.24. The summed E-state index contributed by atoms with van der Waals surface area (Å²) < 4.78 is 10.5. The van der Waals surface area contributed by atoms with E-state index in [0.29, 0.717) is 30.0 Å². The van der Waals surface area contributed by atoms with Crippen molar-refractivity contribution in [3.8, 4) is 11.5 Å². The molecule has 2 amide bonds. The van der Waals surface area contributed by atoms with Gasteiger partial charge in [0.2, 0.25) is 5.91 Å². The van der Waals surface area contributed by atoms with Crippen LogP contribution in [0.5, 0.6) is 11.5 Å². The number of amides is 2. The van der Waals surface area contributed by atoms with E-state index >= 15 is 0 Å². The second-order valence-electron chi connectivity index (χ2n) is 6.48. The van der Waals surface area contributed by atoms with E-state index in [2.05, 4.69) is 5.32 Å². The lowest BCUT2D eigenvalue weighted by atomic mass is 10.1. The first-order valence-corrected chi connectivity index (χ1v) is 8.97. The number of ether oxygens (including phenoxy) is 2. The Balaban J connectivity index is 1.83. The minimum Gasteiger partial charge on any atom is -0.497 e. The number of hydrogen-bond acceptors (Lipinski definition) is 4. The molecule has 27 heavy (non-hydrogen) atoms. The zero-order chi connectivity index (χ0) is 19.2. The Bertz CT molecular complexity index is 785. The van der Waals surface area contributed by atoms with Crippen molar-refractivity contribution >= 4 is 11.8 Å². The van der Waals surface area contributed by atoms with Gasteiger partial charge in [0.05, 0.1) is 20.3 Å². The first-order chi connectivity index (χ1) is 13.1. The molecule has 1 saturated heterocycles. The van der Waals surface area contributed by atoms with Crippen molar-refractivity contribution in [2.45, 2.75) is 18.9 Å². The molecule has 1 fully saturated rings. The Kier molecular flexibility index (Phi) is 5.96. The van der Waals surface area contributed by atoms with E-state index in [4.69, 9.17) is 9.47 Å². The van der Waals surface area contributed by atoms with E-state index in [-0.39, 0.29) is 17.9 Å². The van der Waals surface area contributed by atoms with Crippen LogP contribution < -0.4 is 14.8 Å². The molecule has 1 aliphatic rings. The molecule has 6 heteroatoms. The number of nitrogens with zero attached hydrogens (tertiary/aromatic N) is 1. The van der Waals surface area contributed by atoms with Crippen LogP contribution in [0, 0.1) is 0 Å². The molecule has 1 heterocycles. The number of rotatable bonds is 7. The molecule has 3 rings (SSSR count). The van der Waals surface area contributed by atoms with E-state index in [0.717, 1.165) is 18.5 Å². The molecule has 142 valence electrons. The summed E-state index contributed by atoms with van der Waals surface area (Å²) in [6.07, 6.45) is 1.43. The first kappa shape index (κ1) is 18.8. The Morgan fingerprint density at radius 2 is 1.78 bits per heavy atom. The number of benzene rings is 2. The minimum absolute atomic E-state index is 0.133. The van der Waals surface area contributed by atoms with Crippen LogP contribution in [0.1, 0.15) is 34.8 Å². The summed E-state index contributed by atoms with van der Waals surface area (Å²) in [5, 5.41) is 3.06. The van der Waals surface area contributed by atoms with Gasteiger partial charge < -0.3 is 19.7 Å². The molecule has 0 aliphatic carbocycles. The summed E-state index contributed by atoms with van der Waals surface area (Å²) in [6, 6.07) is 14.4. The minimum atomic E-state index is -0.294. The Morgan fingerprint density at radius 3 is 2.33 bits per heavy atom. The highest BCUT2D eigenvalue weighted by atomic mass is 16.5. The third-order valence-corrected chi connectivity index (χ3v) is 4.70. The van der Waals surface area contributed by atoms with E-state index < -0.39 is 0 Å². The maximum absolute atomic E-state index is 12.9. The highest BCUT2D eigenvalue weighted by Gasteiger charge is 2.25. The summed E-state index contributed by atoms with van der Waals surface area (Å²) in [7, 11) is 3.09. The van der Waals surface area contributed by atoms with Crippen molar-refractivity contribution in [2.75, 3.05) is 27.3 Å². The number of carbonyl (C=O) groups excluding carboxylic acids is 2. The maximum Gasteiger partial charge on any atom is 0.252 e. The molecule has 2 aromatic rings. The molecule has 6 nitrogen and oxygen atoms in total. The van der Waals surface area contributed by atoms with E-state index in [9.17, 15) is 9.59 Å². The van der Waals surface area contributed by atoms with Crippen molar-refractivity contribution < 1.29 is 19.1 Å². The van der Waals surface area contributed by atoms with Crippen molar-refractivity contribution in [1.29, 1.82) is 0 Å². The highest BCUT2D eigenvalue weighted by molar-refractivity contribution is 5.95. The molecule has 1 N–H and O–H groups in total. The van der Waals surface area contributed by atoms with Gasteiger partial charge in [0.1, 0.15) is 11.5 Å². The third-order valence-electron chi connectivity index (χ3n) is 4.70. The molecule has 0 radical (unpaired) electrons. The maximum atomic E-state index is 12.9. The van der Waals surface area contributed by atoms with Gasteiger partial charge >= 0.3 is 0 Å². The molecular formula is C21H24N2O4. The van der Waals surface area contributed by atoms with Crippen LogP contribution in [0.4, 0.5) is 0 Å². The number of carbonyl (C=O) groups is 2. The van der Waals surface area contributed by atoms with Gasteiger partial charge in [-0.25, -0.2) is 0 Å². The Hall–Kier alpha value is -3.02. The van der Waals surface area contributed by atoms with E-state index in [1.54, 1.807) is 32.4 Å². The van der Waals surface area contributed by atoms with Gasteiger partial charge in [-0.05, 0) is 24.1 Å². The van der Waals surface area contributed by atoms with Crippen LogP contribution in [-0.2, 0) is 4.79 Å². The summed E-state index contributed by atoms with van der Waals surface area (Å²) in [4.78, 5) is 26.7. The average Bonchev–Trinajstić information content (AvgIpc) is 3.12. The van der Waals surface area contributed by atoms with Crippen molar-refractivity contribution in [2.24, 2.45) is 0 Å². The van der Waals surface area contributed by atoms with Gasteiger partial charge in [-0.15, -0.1) is 0 Å². The lowest BCUT2D eigenvalue weighted by Crippen LogP contribution is -2.38. The quantitative estimate of drug-likeness (QED) is 0.816.